The highest BCUT2D eigenvalue weighted by Gasteiger charge is 2.60. The van der Waals surface area contributed by atoms with Gasteiger partial charge in [-0.05, 0) is 92.8 Å². The zero-order valence-corrected chi connectivity index (χ0v) is 38.2. The minimum Gasteiger partial charge on any atom is -0.497 e. The van der Waals surface area contributed by atoms with Crippen molar-refractivity contribution >= 4 is 16.0 Å². The summed E-state index contributed by atoms with van der Waals surface area (Å²) in [7, 11) is -2.21. The molecule has 0 saturated carbocycles. The van der Waals surface area contributed by atoms with E-state index in [1.54, 1.807) is 14.2 Å². The Morgan fingerprint density at radius 3 is 1.80 bits per heavy atom. The van der Waals surface area contributed by atoms with Crippen LogP contribution in [0.2, 0.25) is 18.1 Å². The first kappa shape index (κ1) is 46.3. The van der Waals surface area contributed by atoms with Crippen LogP contribution in [0.3, 0.4) is 0 Å². The topological polar surface area (TPSA) is 88.4 Å². The minimum atomic E-state index is -2.83. The number of nitrogens with zero attached hydrogens (tertiary/aromatic N) is 1. The van der Waals surface area contributed by atoms with Gasteiger partial charge < -0.3 is 23.4 Å². The van der Waals surface area contributed by atoms with Crippen LogP contribution in [-0.4, -0.2) is 65.4 Å². The highest BCUT2D eigenvalue weighted by atomic mass is 31.2. The van der Waals surface area contributed by atoms with E-state index in [1.165, 1.54) is 12.1 Å². The second-order valence-electron chi connectivity index (χ2n) is 17.1. The smallest absolute Gasteiger partial charge is 0.280 e. The van der Waals surface area contributed by atoms with Crippen LogP contribution in [0.4, 0.5) is 8.78 Å². The zero-order valence-electron chi connectivity index (χ0n) is 36.3. The Hall–Kier alpha value is -3.72. The van der Waals surface area contributed by atoms with Crippen LogP contribution in [0, 0.1) is 23.0 Å². The SMILES string of the molecule is COc1ccc(C(OC[C@H]2O[C@@H](c3ccc(F)cc3F)[C@H](O[Si](C)(C)C(C)(C)C)[C@@H]2O[P+](OCCC#N)(C(C)C)C(C)C)(c2ccccc2)c2ccc(OC)cc2)cc1. The quantitative estimate of drug-likeness (QED) is 0.0423. The first-order valence-electron chi connectivity index (χ1n) is 20.3. The fraction of sp³-hybridized carbons (Fsp3) is 0.468. The molecule has 12 heteroatoms. The molecule has 1 aliphatic rings. The molecule has 4 aromatic rings. The van der Waals surface area contributed by atoms with E-state index in [9.17, 15) is 9.65 Å². The molecule has 1 heterocycles. The molecule has 0 bridgehead atoms. The highest BCUT2D eigenvalue weighted by molar-refractivity contribution is 7.67. The maximum Gasteiger partial charge on any atom is 0.280 e. The molecule has 4 atom stereocenters. The molecule has 4 aromatic carbocycles. The Morgan fingerprint density at radius 1 is 0.780 bits per heavy atom. The number of nitriles is 1. The van der Waals surface area contributed by atoms with E-state index < -0.39 is 57.7 Å². The van der Waals surface area contributed by atoms with Crippen LogP contribution in [-0.2, 0) is 28.5 Å². The zero-order chi connectivity index (χ0) is 43.2. The largest absolute Gasteiger partial charge is 0.497 e. The Bertz CT molecular complexity index is 1950. The monoisotopic (exact) mass is 848 g/mol. The number of ether oxygens (including phenoxy) is 4. The van der Waals surface area contributed by atoms with Crippen molar-refractivity contribution in [3.05, 3.63) is 131 Å². The molecular formula is C47H61F2NO7PSi+. The number of benzene rings is 4. The molecule has 318 valence electrons. The van der Waals surface area contributed by atoms with E-state index >= 15 is 4.39 Å². The lowest BCUT2D eigenvalue weighted by Crippen LogP contribution is -2.50. The fourth-order valence-corrected chi connectivity index (χ4v) is 12.1. The molecule has 5 rings (SSSR count). The molecule has 0 aliphatic carbocycles. The molecule has 8 nitrogen and oxygen atoms in total. The molecule has 1 fully saturated rings. The number of hydrogen-bond donors (Lipinski definition) is 0. The summed E-state index contributed by atoms with van der Waals surface area (Å²) in [6.07, 6.45) is -3.31. The van der Waals surface area contributed by atoms with Crippen LogP contribution in [0.15, 0.2) is 97.1 Å². The van der Waals surface area contributed by atoms with Gasteiger partial charge in [0.15, 0.2) is 14.4 Å². The van der Waals surface area contributed by atoms with Gasteiger partial charge in [0.25, 0.3) is 7.72 Å². The standard InChI is InChI=1S/C47H61F2NO7PSi/c1-32(2)58(33(3)4,54-29-15-28-50)56-44-42(55-43(40-27-22-37(48)30-41(40)49)45(44)57-59(10,11)46(5,6)7)31-53-47(34-16-13-12-14-17-34,35-18-23-38(51-8)24-19-35)36-20-25-39(52-9)26-21-36/h12-14,16-27,30,32-33,42-45H,15,29,31H2,1-11H3/q+1/t42-,43+,44-,45+/m1/s1. The lowest BCUT2D eigenvalue weighted by molar-refractivity contribution is -0.0808. The normalized spacial score (nSPS) is 18.9. The van der Waals surface area contributed by atoms with Crippen molar-refractivity contribution in [2.24, 2.45) is 0 Å². The summed E-state index contributed by atoms with van der Waals surface area (Å²) in [5, 5.41) is 9.28. The molecule has 59 heavy (non-hydrogen) atoms. The van der Waals surface area contributed by atoms with Crippen molar-refractivity contribution in [3.63, 3.8) is 0 Å². The summed E-state index contributed by atoms with van der Waals surface area (Å²) in [5.41, 5.74) is 1.30. The summed E-state index contributed by atoms with van der Waals surface area (Å²) in [4.78, 5) is 0. The first-order chi connectivity index (χ1) is 27.9. The van der Waals surface area contributed by atoms with E-state index in [0.29, 0.717) is 11.5 Å². The number of halogens is 2. The van der Waals surface area contributed by atoms with Gasteiger partial charge in [-0.2, -0.15) is 9.79 Å². The Kier molecular flexibility index (Phi) is 15.2. The van der Waals surface area contributed by atoms with Crippen molar-refractivity contribution in [2.75, 3.05) is 27.4 Å². The predicted octanol–water partition coefficient (Wildman–Crippen LogP) is 11.8. The fourth-order valence-electron chi connectivity index (χ4n) is 7.49. The van der Waals surface area contributed by atoms with Gasteiger partial charge in [-0.15, -0.1) is 0 Å². The van der Waals surface area contributed by atoms with Gasteiger partial charge in [0.1, 0.15) is 65.0 Å². The molecule has 0 aromatic heterocycles. The van der Waals surface area contributed by atoms with Gasteiger partial charge in [-0.3, -0.25) is 0 Å². The summed E-state index contributed by atoms with van der Waals surface area (Å²) < 4.78 is 77.5. The molecule has 0 N–H and O–H groups in total. The van der Waals surface area contributed by atoms with Crippen molar-refractivity contribution in [1.82, 2.24) is 0 Å². The molecule has 0 spiro atoms. The molecule has 0 unspecified atom stereocenters. The van der Waals surface area contributed by atoms with E-state index in [0.717, 1.165) is 22.8 Å². The summed E-state index contributed by atoms with van der Waals surface area (Å²) in [5.74, 6) is -0.0621. The Morgan fingerprint density at radius 2 is 1.32 bits per heavy atom. The summed E-state index contributed by atoms with van der Waals surface area (Å²) in [6, 6.07) is 31.2. The van der Waals surface area contributed by atoms with Gasteiger partial charge in [0.2, 0.25) is 0 Å². The summed E-state index contributed by atoms with van der Waals surface area (Å²) >= 11 is 0. The Labute approximate surface area is 351 Å². The van der Waals surface area contributed by atoms with Gasteiger partial charge >= 0.3 is 0 Å². The Balaban J connectivity index is 1.74. The summed E-state index contributed by atoms with van der Waals surface area (Å²) in [6.45, 7) is 19.1. The number of methoxy groups -OCH3 is 2. The average Bonchev–Trinajstić information content (AvgIpc) is 3.52. The average molecular weight is 849 g/mol. The van der Waals surface area contributed by atoms with Crippen molar-refractivity contribution < 1.29 is 41.2 Å². The first-order valence-corrected chi connectivity index (χ1v) is 25.0. The van der Waals surface area contributed by atoms with Crippen molar-refractivity contribution in [3.8, 4) is 17.6 Å². The maximum absolute atomic E-state index is 16.1. The lowest BCUT2D eigenvalue weighted by Gasteiger charge is -2.42. The van der Waals surface area contributed by atoms with E-state index in [2.05, 4.69) is 67.6 Å². The van der Waals surface area contributed by atoms with E-state index in [4.69, 9.17) is 32.4 Å². The predicted molar refractivity (Wildman–Crippen MR) is 233 cm³/mol. The number of hydrogen-bond acceptors (Lipinski definition) is 8. The van der Waals surface area contributed by atoms with Gasteiger partial charge in [0.05, 0.1) is 33.3 Å². The molecule has 1 aliphatic heterocycles. The third-order valence-corrected chi connectivity index (χ3v) is 20.2. The van der Waals surface area contributed by atoms with Crippen molar-refractivity contribution in [2.45, 2.75) is 114 Å². The van der Waals surface area contributed by atoms with Gasteiger partial charge in [0, 0.05) is 11.6 Å². The van der Waals surface area contributed by atoms with Crippen molar-refractivity contribution in [1.29, 1.82) is 5.26 Å². The molecule has 0 radical (unpaired) electrons. The van der Waals surface area contributed by atoms with Crippen LogP contribution in [0.1, 0.15) is 83.2 Å². The van der Waals surface area contributed by atoms with E-state index in [-0.39, 0.29) is 41.6 Å². The van der Waals surface area contributed by atoms with E-state index in [1.807, 2.05) is 78.9 Å². The molecule has 0 amide bonds. The van der Waals surface area contributed by atoms with Crippen LogP contribution < -0.4 is 9.47 Å². The third-order valence-electron chi connectivity index (χ3n) is 11.7. The second kappa shape index (κ2) is 19.3. The van der Waals surface area contributed by atoms with Crippen LogP contribution in [0.25, 0.3) is 0 Å². The highest BCUT2D eigenvalue weighted by Crippen LogP contribution is 2.70. The number of rotatable bonds is 18. The van der Waals surface area contributed by atoms with Gasteiger partial charge in [-0.25, -0.2) is 13.3 Å². The van der Waals surface area contributed by atoms with Crippen LogP contribution in [0.5, 0.6) is 11.5 Å². The minimum absolute atomic E-state index is 0.0390. The third kappa shape index (κ3) is 9.92. The second-order valence-corrected chi connectivity index (χ2v) is 25.6. The molecular weight excluding hydrogens is 788 g/mol. The lowest BCUT2D eigenvalue weighted by atomic mass is 9.80. The van der Waals surface area contributed by atoms with Crippen LogP contribution >= 0.6 is 7.72 Å². The maximum atomic E-state index is 16.1. The molecule has 1 saturated heterocycles. The van der Waals surface area contributed by atoms with Gasteiger partial charge in [-0.1, -0.05) is 81.4 Å².